The summed E-state index contributed by atoms with van der Waals surface area (Å²) < 4.78 is 35.9. The molecular weight excluding hydrogens is 711 g/mol. The molecule has 5 heterocycles. The van der Waals surface area contributed by atoms with Crippen molar-refractivity contribution in [3.8, 4) is 5.88 Å². The molecule has 2 aromatic carbocycles. The molecule has 3 aliphatic heterocycles. The summed E-state index contributed by atoms with van der Waals surface area (Å²) in [7, 11) is -2.87. The van der Waals surface area contributed by atoms with Crippen LogP contribution in [0, 0.1) is 12.7 Å². The molecule has 0 radical (unpaired) electrons. The monoisotopic (exact) mass is 758 g/mol. The van der Waals surface area contributed by atoms with Crippen molar-refractivity contribution in [2.45, 2.75) is 109 Å². The predicted molar refractivity (Wildman–Crippen MR) is 208 cm³/mol. The van der Waals surface area contributed by atoms with Gasteiger partial charge < -0.3 is 23.6 Å². The van der Waals surface area contributed by atoms with E-state index in [9.17, 15) is 9.59 Å². The minimum absolute atomic E-state index is 0.136. The summed E-state index contributed by atoms with van der Waals surface area (Å²) in [5, 5.41) is 2.47. The fraction of sp³-hybridized carbons (Fsp3) is 0.463. The van der Waals surface area contributed by atoms with Gasteiger partial charge in [-0.25, -0.2) is 14.2 Å². The molecule has 0 saturated carbocycles. The van der Waals surface area contributed by atoms with E-state index in [1.54, 1.807) is 25.7 Å². The Kier molecular flexibility index (Phi) is 9.39. The second-order valence-corrected chi connectivity index (χ2v) is 21.3. The molecule has 53 heavy (non-hydrogen) atoms. The Balaban J connectivity index is 1.33. The number of hydrogen-bond acceptors (Lipinski definition) is 8. The van der Waals surface area contributed by atoms with Crippen molar-refractivity contribution in [2.24, 2.45) is 0 Å². The van der Waals surface area contributed by atoms with Gasteiger partial charge in [0.15, 0.2) is 11.0 Å². The van der Waals surface area contributed by atoms with E-state index < -0.39 is 49.6 Å². The van der Waals surface area contributed by atoms with Gasteiger partial charge >= 0.3 is 6.09 Å². The van der Waals surface area contributed by atoms with Crippen LogP contribution >= 0.6 is 11.6 Å². The molecular formula is C41H48ClFN4O5Si. The van der Waals surface area contributed by atoms with Gasteiger partial charge in [-0.15, -0.1) is 0 Å². The molecule has 280 valence electrons. The molecule has 2 saturated heterocycles. The summed E-state index contributed by atoms with van der Waals surface area (Å²) in [6.07, 6.45) is 1.18. The Hall–Kier alpha value is -4.06. The van der Waals surface area contributed by atoms with Crippen LogP contribution in [-0.2, 0) is 20.4 Å². The lowest BCUT2D eigenvalue weighted by molar-refractivity contribution is -0.119. The number of fused-ring (bicyclic) bond motifs is 5. The molecule has 4 atom stereocenters. The third-order valence-corrected chi connectivity index (χ3v) is 16.4. The van der Waals surface area contributed by atoms with Crippen molar-refractivity contribution in [1.29, 1.82) is 0 Å². The lowest BCUT2D eigenvalue weighted by Crippen LogP contribution is -2.71. The normalized spacial score (nSPS) is 22.6. The maximum Gasteiger partial charge on any atom is 0.411 e. The number of aryl methyl sites for hydroxylation is 1. The summed E-state index contributed by atoms with van der Waals surface area (Å²) in [6, 6.07) is 20.0. The number of hydrogen-bond donors (Lipinski definition) is 0. The largest absolute Gasteiger partial charge is 0.472 e. The lowest BCUT2D eigenvalue weighted by Gasteiger charge is -2.51. The van der Waals surface area contributed by atoms with Gasteiger partial charge in [0.05, 0.1) is 24.0 Å². The molecule has 0 N–H and O–H groups in total. The predicted octanol–water partition coefficient (Wildman–Crippen LogP) is 7.16. The van der Waals surface area contributed by atoms with Crippen LogP contribution < -0.4 is 20.0 Å². The Morgan fingerprint density at radius 1 is 1.04 bits per heavy atom. The molecule has 0 aliphatic carbocycles. The number of aldehydes is 1. The number of aromatic nitrogens is 2. The van der Waals surface area contributed by atoms with Crippen molar-refractivity contribution in [1.82, 2.24) is 14.9 Å². The first-order valence-electron chi connectivity index (χ1n) is 18.4. The lowest BCUT2D eigenvalue weighted by atomic mass is 9.92. The molecule has 0 spiro atoms. The Labute approximate surface area is 316 Å². The molecule has 4 aromatic rings. The van der Waals surface area contributed by atoms with Crippen LogP contribution in [0.4, 0.5) is 15.0 Å². The fourth-order valence-corrected chi connectivity index (χ4v) is 13.7. The number of carbonyl (C=O) groups excluding carboxylic acids is 2. The molecule has 1 amide bonds. The van der Waals surface area contributed by atoms with Crippen LogP contribution in [0.5, 0.6) is 5.88 Å². The van der Waals surface area contributed by atoms with Gasteiger partial charge in [-0.3, -0.25) is 4.90 Å². The average molecular weight is 759 g/mol. The zero-order valence-corrected chi connectivity index (χ0v) is 33.5. The molecule has 7 rings (SSSR count). The maximum atomic E-state index is 16.3. The fourth-order valence-electron chi connectivity index (χ4n) is 8.96. The van der Waals surface area contributed by atoms with E-state index in [1.165, 1.54) is 0 Å². The van der Waals surface area contributed by atoms with Gasteiger partial charge in [0.2, 0.25) is 5.88 Å². The second-order valence-electron chi connectivity index (χ2n) is 16.7. The highest BCUT2D eigenvalue weighted by Gasteiger charge is 2.61. The number of carbonyl (C=O) groups is 2. The van der Waals surface area contributed by atoms with Gasteiger partial charge in [-0.05, 0) is 68.4 Å². The maximum absolute atomic E-state index is 16.3. The van der Waals surface area contributed by atoms with Crippen molar-refractivity contribution in [2.75, 3.05) is 18.1 Å². The number of anilines is 1. The average Bonchev–Trinajstić information content (AvgIpc) is 3.32. The summed E-state index contributed by atoms with van der Waals surface area (Å²) in [5.41, 5.74) is -0.660. The van der Waals surface area contributed by atoms with Gasteiger partial charge in [-0.1, -0.05) is 93.0 Å². The number of halogens is 2. The first-order chi connectivity index (χ1) is 25.0. The van der Waals surface area contributed by atoms with Gasteiger partial charge in [0.1, 0.15) is 29.3 Å². The van der Waals surface area contributed by atoms with E-state index in [1.807, 2.05) is 30.9 Å². The van der Waals surface area contributed by atoms with Gasteiger partial charge in [-0.2, -0.15) is 4.98 Å². The second kappa shape index (κ2) is 13.4. The quantitative estimate of drug-likeness (QED) is 0.111. The van der Waals surface area contributed by atoms with E-state index in [4.69, 9.17) is 30.5 Å². The molecule has 0 unspecified atom stereocenters. The van der Waals surface area contributed by atoms with Crippen LogP contribution in [0.2, 0.25) is 10.2 Å². The SMILES string of the molecule is Cc1c(CCO[Si](c2ccccc2)(c2ccccc2)C(C)(C)C)nc2c3c(nc(Cl)c(F)c13)O[C@@H](C)[C@@H]1[C@@H]3CC[C@](C=O)(CN21)N3C(=O)OC(C)(C)C. The zero-order valence-electron chi connectivity index (χ0n) is 31.7. The van der Waals surface area contributed by atoms with E-state index in [2.05, 4.69) is 74.3 Å². The van der Waals surface area contributed by atoms with E-state index in [0.717, 1.165) is 16.7 Å². The van der Waals surface area contributed by atoms with Crippen LogP contribution in [0.3, 0.4) is 0 Å². The molecule has 12 heteroatoms. The summed E-state index contributed by atoms with van der Waals surface area (Å²) in [6.45, 7) is 16.3. The number of rotatable bonds is 7. The topological polar surface area (TPSA) is 94.1 Å². The third-order valence-electron chi connectivity index (χ3n) is 11.2. The Morgan fingerprint density at radius 2 is 1.66 bits per heavy atom. The Morgan fingerprint density at radius 3 is 2.23 bits per heavy atom. The molecule has 3 aliphatic rings. The van der Waals surface area contributed by atoms with E-state index in [-0.39, 0.29) is 28.0 Å². The van der Waals surface area contributed by atoms with Crippen molar-refractivity contribution >= 4 is 59.3 Å². The minimum atomic E-state index is -2.87. The highest BCUT2D eigenvalue weighted by molar-refractivity contribution is 6.99. The number of nitrogens with zero attached hydrogens (tertiary/aromatic N) is 4. The third kappa shape index (κ3) is 6.08. The molecule has 2 aromatic heterocycles. The standard InChI is InChI=1S/C41H48ClFN4O5Si/c1-25-29(20-22-50-53(40(6,7)8,27-15-11-9-12-16-27)28-17-13-10-14-18-28)44-36-32-31(25)33(43)35(42)45-37(32)51-26(2)34-30-19-21-41(24-48,23-46(34)36)47(30)38(49)52-39(3,4)5/h9-18,24,26,30,34H,19-23H2,1-8H3/t26-,30-,34+,41+/m0/s1. The van der Waals surface area contributed by atoms with Crippen molar-refractivity contribution < 1.29 is 27.9 Å². The highest BCUT2D eigenvalue weighted by Crippen LogP contribution is 2.50. The first kappa shape index (κ1) is 37.3. The molecule has 9 nitrogen and oxygen atoms in total. The zero-order chi connectivity index (χ0) is 38.1. The number of piperazine rings is 1. The van der Waals surface area contributed by atoms with Crippen LogP contribution in [0.1, 0.15) is 72.6 Å². The number of amides is 1. The van der Waals surface area contributed by atoms with Crippen LogP contribution in [0.15, 0.2) is 60.7 Å². The number of pyridine rings is 2. The Bertz CT molecular complexity index is 2020. The minimum Gasteiger partial charge on any atom is -0.472 e. The smallest absolute Gasteiger partial charge is 0.411 e. The van der Waals surface area contributed by atoms with Crippen LogP contribution in [0.25, 0.3) is 10.8 Å². The number of benzene rings is 2. The summed E-state index contributed by atoms with van der Waals surface area (Å²) in [4.78, 5) is 40.1. The van der Waals surface area contributed by atoms with Gasteiger partial charge in [0.25, 0.3) is 8.32 Å². The van der Waals surface area contributed by atoms with Crippen molar-refractivity contribution in [3.63, 3.8) is 0 Å². The number of ether oxygens (including phenoxy) is 2. The molecule has 2 bridgehead atoms. The van der Waals surface area contributed by atoms with E-state index >= 15 is 4.39 Å². The van der Waals surface area contributed by atoms with Gasteiger partial charge in [0, 0.05) is 24.1 Å². The summed E-state index contributed by atoms with van der Waals surface area (Å²) in [5.74, 6) is -0.0230. The first-order valence-corrected chi connectivity index (χ1v) is 20.7. The van der Waals surface area contributed by atoms with Crippen molar-refractivity contribution in [3.05, 3.63) is 82.9 Å². The van der Waals surface area contributed by atoms with Crippen LogP contribution in [-0.4, -0.2) is 78.0 Å². The highest BCUT2D eigenvalue weighted by atomic mass is 35.5. The molecule has 2 fully saturated rings. The summed E-state index contributed by atoms with van der Waals surface area (Å²) >= 11 is 6.48. The van der Waals surface area contributed by atoms with E-state index in [0.29, 0.717) is 48.3 Å².